The van der Waals surface area contributed by atoms with Crippen LogP contribution in [0.15, 0.2) is 0 Å². The van der Waals surface area contributed by atoms with Crippen molar-refractivity contribution >= 4 is 23.7 Å². The summed E-state index contributed by atoms with van der Waals surface area (Å²) in [5.41, 5.74) is -1.36. The minimum absolute atomic E-state index is 0.310. The van der Waals surface area contributed by atoms with Crippen molar-refractivity contribution in [3.05, 3.63) is 0 Å². The zero-order chi connectivity index (χ0) is 17.9. The molecule has 0 aromatic heterocycles. The van der Waals surface area contributed by atoms with Gasteiger partial charge < -0.3 is 14.2 Å². The Morgan fingerprint density at radius 3 is 2.09 bits per heavy atom. The molecule has 1 saturated heterocycles. The van der Waals surface area contributed by atoms with Crippen molar-refractivity contribution in [1.29, 1.82) is 0 Å². The molecule has 0 aliphatic carbocycles. The highest BCUT2D eigenvalue weighted by Gasteiger charge is 2.53. The first kappa shape index (κ1) is 20.3. The lowest BCUT2D eigenvalue weighted by molar-refractivity contribution is -0.189. The first-order valence-electron chi connectivity index (χ1n) is 7.95. The molecule has 1 fully saturated rings. The Morgan fingerprint density at radius 2 is 1.65 bits per heavy atom. The van der Waals surface area contributed by atoms with Crippen molar-refractivity contribution in [3.8, 4) is 0 Å². The number of hydrogen-bond donors (Lipinski definition) is 0. The largest absolute Gasteiger partial charge is 0.453 e. The van der Waals surface area contributed by atoms with Gasteiger partial charge in [0.2, 0.25) is 6.29 Å². The minimum Gasteiger partial charge on any atom is -0.453 e. The van der Waals surface area contributed by atoms with Crippen LogP contribution in [-0.2, 0) is 23.8 Å². The lowest BCUT2D eigenvalue weighted by Crippen LogP contribution is -2.51. The molecule has 0 N–H and O–H groups in total. The van der Waals surface area contributed by atoms with Gasteiger partial charge in [0, 0.05) is 5.75 Å². The summed E-state index contributed by atoms with van der Waals surface area (Å²) in [5.74, 6) is 0.560. The molecule has 0 aromatic rings. The van der Waals surface area contributed by atoms with Gasteiger partial charge in [-0.3, -0.25) is 4.79 Å². The molecular formula is C17H30O5S. The Hall–Kier alpha value is -0.750. The van der Waals surface area contributed by atoms with Crippen LogP contribution in [0.1, 0.15) is 48.5 Å². The summed E-state index contributed by atoms with van der Waals surface area (Å²) in [6, 6.07) is 0. The van der Waals surface area contributed by atoms with E-state index in [1.54, 1.807) is 11.8 Å². The molecular weight excluding hydrogens is 316 g/mol. The lowest BCUT2D eigenvalue weighted by atomic mass is 9.55. The topological polar surface area (TPSA) is 61.8 Å². The molecule has 5 nitrogen and oxygen atoms in total. The van der Waals surface area contributed by atoms with Crippen molar-refractivity contribution in [2.75, 3.05) is 24.7 Å². The van der Waals surface area contributed by atoms with E-state index >= 15 is 0 Å². The van der Waals surface area contributed by atoms with Crippen LogP contribution >= 0.6 is 11.8 Å². The summed E-state index contributed by atoms with van der Waals surface area (Å²) >= 11 is 1.67. The highest BCUT2D eigenvalue weighted by molar-refractivity contribution is 7.99. The van der Waals surface area contributed by atoms with Gasteiger partial charge in [0.25, 0.3) is 0 Å². The molecule has 0 amide bonds. The van der Waals surface area contributed by atoms with Crippen molar-refractivity contribution < 1.29 is 23.8 Å². The Kier molecular flexibility index (Phi) is 6.55. The second kappa shape index (κ2) is 7.43. The fourth-order valence-electron chi connectivity index (χ4n) is 2.72. The molecule has 1 unspecified atom stereocenters. The molecule has 1 aliphatic rings. The van der Waals surface area contributed by atoms with E-state index in [2.05, 4.69) is 0 Å². The third-order valence-corrected chi connectivity index (χ3v) is 5.74. The Morgan fingerprint density at radius 1 is 1.09 bits per heavy atom. The van der Waals surface area contributed by atoms with Gasteiger partial charge in [-0.05, 0) is 17.8 Å². The molecule has 1 heterocycles. The van der Waals surface area contributed by atoms with Crippen molar-refractivity contribution in [3.63, 3.8) is 0 Å². The van der Waals surface area contributed by atoms with Crippen molar-refractivity contribution in [1.82, 2.24) is 0 Å². The quantitative estimate of drug-likeness (QED) is 0.728. The van der Waals surface area contributed by atoms with Gasteiger partial charge in [-0.2, -0.15) is 11.8 Å². The van der Waals surface area contributed by atoms with Crippen molar-refractivity contribution in [2.24, 2.45) is 16.2 Å². The highest BCUT2D eigenvalue weighted by Crippen LogP contribution is 2.52. The van der Waals surface area contributed by atoms with Crippen LogP contribution in [-0.4, -0.2) is 42.9 Å². The normalized spacial score (nSPS) is 20.0. The first-order chi connectivity index (χ1) is 10.4. The summed E-state index contributed by atoms with van der Waals surface area (Å²) in [6.07, 6.45) is -0.545. The fourth-order valence-corrected chi connectivity index (χ4v) is 3.46. The summed E-state index contributed by atoms with van der Waals surface area (Å²) in [5, 5.41) is 0. The van der Waals surface area contributed by atoms with E-state index < -0.39 is 17.7 Å². The second-order valence-electron chi connectivity index (χ2n) is 8.07. The summed E-state index contributed by atoms with van der Waals surface area (Å²) in [4.78, 5) is 24.5. The van der Waals surface area contributed by atoms with E-state index in [1.807, 2.05) is 48.5 Å². The van der Waals surface area contributed by atoms with E-state index in [0.29, 0.717) is 12.4 Å². The molecule has 6 heteroatoms. The molecule has 0 bridgehead atoms. The molecule has 1 rings (SSSR count). The monoisotopic (exact) mass is 346 g/mol. The predicted octanol–water partition coefficient (Wildman–Crippen LogP) is 3.26. The van der Waals surface area contributed by atoms with Gasteiger partial charge in [-0.25, -0.2) is 4.79 Å². The van der Waals surface area contributed by atoms with Crippen LogP contribution < -0.4 is 0 Å². The zero-order valence-corrected chi connectivity index (χ0v) is 16.2. The predicted molar refractivity (Wildman–Crippen MR) is 91.1 cm³/mol. The van der Waals surface area contributed by atoms with E-state index in [1.165, 1.54) is 0 Å². The Bertz CT molecular complexity index is 413. The molecule has 23 heavy (non-hydrogen) atoms. The smallest absolute Gasteiger partial charge is 0.346 e. The average molecular weight is 346 g/mol. The van der Waals surface area contributed by atoms with Crippen LogP contribution in [0.2, 0.25) is 0 Å². The maximum Gasteiger partial charge on any atom is 0.346 e. The molecule has 0 saturated carbocycles. The minimum atomic E-state index is -0.739. The SMILES string of the molecule is CC(C)(C)C(C)(C(=O)OCC(=O)OC1CSCCO1)C(C)(C)C. The van der Waals surface area contributed by atoms with Gasteiger partial charge in [0.15, 0.2) is 6.61 Å². The molecule has 0 spiro atoms. The van der Waals surface area contributed by atoms with Gasteiger partial charge in [-0.1, -0.05) is 41.5 Å². The standard InChI is InChI=1S/C17H30O5S/c1-15(2,3)17(7,16(4,5)6)14(19)21-10-12(18)22-13-11-23-9-8-20-13/h13H,8-11H2,1-7H3. The second-order valence-corrected chi connectivity index (χ2v) is 9.22. The highest BCUT2D eigenvalue weighted by atomic mass is 32.2. The van der Waals surface area contributed by atoms with Crippen LogP contribution in [0.25, 0.3) is 0 Å². The van der Waals surface area contributed by atoms with Crippen molar-refractivity contribution in [2.45, 2.75) is 54.8 Å². The van der Waals surface area contributed by atoms with Crippen LogP contribution in [0, 0.1) is 16.2 Å². The van der Waals surface area contributed by atoms with Crippen LogP contribution in [0.5, 0.6) is 0 Å². The third-order valence-electron chi connectivity index (χ3n) is 4.78. The Labute approximate surface area is 143 Å². The zero-order valence-electron chi connectivity index (χ0n) is 15.4. The van der Waals surface area contributed by atoms with Gasteiger partial charge in [0.05, 0.1) is 17.8 Å². The van der Waals surface area contributed by atoms with Crippen LogP contribution in [0.4, 0.5) is 0 Å². The maximum absolute atomic E-state index is 12.7. The maximum atomic E-state index is 12.7. The first-order valence-corrected chi connectivity index (χ1v) is 9.11. The summed E-state index contributed by atoms with van der Waals surface area (Å²) < 4.78 is 15.8. The van der Waals surface area contributed by atoms with Gasteiger partial charge >= 0.3 is 11.9 Å². The number of rotatable bonds is 4. The number of carbonyl (C=O) groups is 2. The fraction of sp³-hybridized carbons (Fsp3) is 0.882. The lowest BCUT2D eigenvalue weighted by Gasteiger charge is -2.48. The van der Waals surface area contributed by atoms with Gasteiger partial charge in [0.1, 0.15) is 0 Å². The average Bonchev–Trinajstić information content (AvgIpc) is 2.42. The van der Waals surface area contributed by atoms with E-state index in [9.17, 15) is 9.59 Å². The number of thioether (sulfide) groups is 1. The molecule has 1 aliphatic heterocycles. The summed E-state index contributed by atoms with van der Waals surface area (Å²) in [7, 11) is 0. The van der Waals surface area contributed by atoms with E-state index in [0.717, 1.165) is 5.75 Å². The van der Waals surface area contributed by atoms with E-state index in [-0.39, 0.29) is 23.4 Å². The molecule has 134 valence electrons. The Balaban J connectivity index is 2.64. The molecule has 0 aromatic carbocycles. The number of carbonyl (C=O) groups excluding carboxylic acids is 2. The number of ether oxygens (including phenoxy) is 3. The summed E-state index contributed by atoms with van der Waals surface area (Å²) in [6.45, 7) is 14.1. The van der Waals surface area contributed by atoms with Gasteiger partial charge in [-0.15, -0.1) is 0 Å². The number of esters is 2. The molecule has 0 radical (unpaired) electrons. The van der Waals surface area contributed by atoms with E-state index in [4.69, 9.17) is 14.2 Å². The van der Waals surface area contributed by atoms with Crippen LogP contribution in [0.3, 0.4) is 0 Å². The molecule has 1 atom stereocenters. The third kappa shape index (κ3) is 4.86. The number of hydrogen-bond acceptors (Lipinski definition) is 6.